The van der Waals surface area contributed by atoms with Crippen LogP contribution in [0.15, 0.2) is 76.2 Å². The van der Waals surface area contributed by atoms with Crippen LogP contribution in [0.5, 0.6) is 5.75 Å². The number of aromatic nitrogens is 1. The highest BCUT2D eigenvalue weighted by Gasteiger charge is 2.40. The van der Waals surface area contributed by atoms with Crippen LogP contribution in [0.25, 0.3) is 22.1 Å². The highest BCUT2D eigenvalue weighted by molar-refractivity contribution is 5.87. The average Bonchev–Trinajstić information content (AvgIpc) is 2.79. The summed E-state index contributed by atoms with van der Waals surface area (Å²) in [5, 5.41) is 0.0879. The minimum atomic E-state index is -4.84. The van der Waals surface area contributed by atoms with E-state index in [1.54, 1.807) is 36.7 Å². The van der Waals surface area contributed by atoms with Crippen molar-refractivity contribution in [2.24, 2.45) is 0 Å². The fraction of sp³-hybridized carbons (Fsp3) is 0.167. The number of hydrogen-bond acceptors (Lipinski definition) is 5. The van der Waals surface area contributed by atoms with Crippen LogP contribution in [-0.4, -0.2) is 16.6 Å². The Hall–Kier alpha value is -3.65. The molecule has 0 bridgehead atoms. The van der Waals surface area contributed by atoms with Crippen molar-refractivity contribution in [1.29, 1.82) is 0 Å². The monoisotopic (exact) mass is 438 g/mol. The van der Waals surface area contributed by atoms with Gasteiger partial charge in [-0.05, 0) is 35.4 Å². The SMILES string of the molecule is O=c1c(-c2ccccc2)c(C(F)(F)F)oc2c3c(ccc12)OCN(Cc1ccncc1)C3. The second-order valence-electron chi connectivity index (χ2n) is 7.53. The second-order valence-corrected chi connectivity index (χ2v) is 7.53. The molecule has 2 aromatic carbocycles. The lowest BCUT2D eigenvalue weighted by Gasteiger charge is -2.29. The molecule has 0 saturated heterocycles. The number of fused-ring (bicyclic) bond motifs is 3. The zero-order valence-corrected chi connectivity index (χ0v) is 16.7. The molecule has 32 heavy (non-hydrogen) atoms. The van der Waals surface area contributed by atoms with Crippen molar-refractivity contribution in [2.45, 2.75) is 19.3 Å². The van der Waals surface area contributed by atoms with Gasteiger partial charge in [-0.15, -0.1) is 0 Å². The van der Waals surface area contributed by atoms with Gasteiger partial charge in [-0.3, -0.25) is 14.7 Å². The van der Waals surface area contributed by atoms with Gasteiger partial charge in [-0.25, -0.2) is 0 Å². The summed E-state index contributed by atoms with van der Waals surface area (Å²) in [7, 11) is 0. The number of rotatable bonds is 3. The molecule has 5 rings (SSSR count). The maximum Gasteiger partial charge on any atom is 0.450 e. The number of hydrogen-bond donors (Lipinski definition) is 0. The summed E-state index contributed by atoms with van der Waals surface area (Å²) in [6.45, 7) is 1.05. The van der Waals surface area contributed by atoms with E-state index < -0.39 is 22.9 Å². The first-order valence-electron chi connectivity index (χ1n) is 9.91. The minimum Gasteiger partial charge on any atom is -0.478 e. The van der Waals surface area contributed by atoms with Gasteiger partial charge in [-0.1, -0.05) is 30.3 Å². The van der Waals surface area contributed by atoms with E-state index in [1.165, 1.54) is 18.2 Å². The molecule has 0 radical (unpaired) electrons. The van der Waals surface area contributed by atoms with E-state index in [9.17, 15) is 18.0 Å². The summed E-state index contributed by atoms with van der Waals surface area (Å²) in [6.07, 6.45) is -1.50. The molecule has 0 aliphatic carbocycles. The number of pyridine rings is 1. The Morgan fingerprint density at radius 1 is 1.00 bits per heavy atom. The topological polar surface area (TPSA) is 55.6 Å². The Labute approximate surface area is 180 Å². The molecule has 0 unspecified atom stereocenters. The third kappa shape index (κ3) is 3.62. The van der Waals surface area contributed by atoms with Gasteiger partial charge in [-0.2, -0.15) is 13.2 Å². The third-order valence-electron chi connectivity index (χ3n) is 5.38. The molecule has 0 spiro atoms. The van der Waals surface area contributed by atoms with E-state index in [0.29, 0.717) is 17.9 Å². The van der Waals surface area contributed by atoms with E-state index in [2.05, 4.69) is 4.98 Å². The van der Waals surface area contributed by atoms with E-state index in [4.69, 9.17) is 9.15 Å². The quantitative estimate of drug-likeness (QED) is 0.439. The van der Waals surface area contributed by atoms with Crippen LogP contribution in [0.4, 0.5) is 13.2 Å². The van der Waals surface area contributed by atoms with Crippen molar-refractivity contribution >= 4 is 11.0 Å². The highest BCUT2D eigenvalue weighted by Crippen LogP contribution is 2.40. The normalized spacial score (nSPS) is 14.2. The number of nitrogens with zero attached hydrogens (tertiary/aromatic N) is 2. The summed E-state index contributed by atoms with van der Waals surface area (Å²) in [6, 6.07) is 14.5. The number of halogens is 3. The Morgan fingerprint density at radius 2 is 1.75 bits per heavy atom. The van der Waals surface area contributed by atoms with Gasteiger partial charge in [0.2, 0.25) is 11.2 Å². The molecule has 4 aromatic rings. The van der Waals surface area contributed by atoms with Crippen LogP contribution < -0.4 is 10.2 Å². The standard InChI is InChI=1S/C24H17F3N2O3/c25-24(26,27)23-20(16-4-2-1-3-5-16)21(30)17-6-7-19-18(22(17)32-23)13-29(14-31-19)12-15-8-10-28-11-9-15/h1-11H,12-14H2. The zero-order chi connectivity index (χ0) is 22.3. The molecule has 0 amide bonds. The lowest BCUT2D eigenvalue weighted by atomic mass is 10.00. The maximum atomic E-state index is 14.0. The van der Waals surface area contributed by atoms with E-state index in [-0.39, 0.29) is 29.8 Å². The summed E-state index contributed by atoms with van der Waals surface area (Å²) < 4.78 is 53.1. The van der Waals surface area contributed by atoms with E-state index in [1.807, 2.05) is 17.0 Å². The Balaban J connectivity index is 1.66. The van der Waals surface area contributed by atoms with Crippen molar-refractivity contribution in [3.05, 3.63) is 94.1 Å². The molecule has 3 heterocycles. The first-order chi connectivity index (χ1) is 15.4. The fourth-order valence-electron chi connectivity index (χ4n) is 3.93. The Morgan fingerprint density at radius 3 is 2.47 bits per heavy atom. The molecule has 1 aliphatic rings. The van der Waals surface area contributed by atoms with Crippen LogP contribution in [0, 0.1) is 0 Å². The van der Waals surface area contributed by atoms with Crippen LogP contribution in [-0.2, 0) is 19.3 Å². The number of ether oxygens (including phenoxy) is 1. The van der Waals surface area contributed by atoms with Crippen molar-refractivity contribution in [1.82, 2.24) is 9.88 Å². The molecule has 2 aromatic heterocycles. The lowest BCUT2D eigenvalue weighted by Crippen LogP contribution is -2.32. The van der Waals surface area contributed by atoms with Gasteiger partial charge < -0.3 is 9.15 Å². The first kappa shape index (κ1) is 20.3. The predicted octanol–water partition coefficient (Wildman–Crippen LogP) is 5.23. The largest absolute Gasteiger partial charge is 0.478 e. The molecule has 8 heteroatoms. The molecule has 0 fully saturated rings. The van der Waals surface area contributed by atoms with Gasteiger partial charge in [0.1, 0.15) is 18.1 Å². The summed E-state index contributed by atoms with van der Waals surface area (Å²) >= 11 is 0. The summed E-state index contributed by atoms with van der Waals surface area (Å²) in [5.41, 5.74) is 0.249. The van der Waals surface area contributed by atoms with Gasteiger partial charge in [0, 0.05) is 25.5 Å². The average molecular weight is 438 g/mol. The van der Waals surface area contributed by atoms with Gasteiger partial charge in [0.05, 0.1) is 16.5 Å². The van der Waals surface area contributed by atoms with Crippen molar-refractivity contribution in [3.8, 4) is 16.9 Å². The van der Waals surface area contributed by atoms with Gasteiger partial charge in [0.25, 0.3) is 0 Å². The molecule has 0 N–H and O–H groups in total. The smallest absolute Gasteiger partial charge is 0.450 e. The van der Waals surface area contributed by atoms with Crippen LogP contribution in [0.3, 0.4) is 0 Å². The van der Waals surface area contributed by atoms with Crippen LogP contribution >= 0.6 is 0 Å². The zero-order valence-electron chi connectivity index (χ0n) is 16.7. The number of benzene rings is 2. The fourth-order valence-corrected chi connectivity index (χ4v) is 3.93. The molecule has 162 valence electrons. The third-order valence-corrected chi connectivity index (χ3v) is 5.38. The molecular weight excluding hydrogens is 421 g/mol. The molecule has 1 aliphatic heterocycles. The van der Waals surface area contributed by atoms with Crippen molar-refractivity contribution in [3.63, 3.8) is 0 Å². The highest BCUT2D eigenvalue weighted by atomic mass is 19.4. The van der Waals surface area contributed by atoms with Crippen LogP contribution in [0.1, 0.15) is 16.9 Å². The van der Waals surface area contributed by atoms with Gasteiger partial charge >= 0.3 is 6.18 Å². The summed E-state index contributed by atoms with van der Waals surface area (Å²) in [4.78, 5) is 19.1. The predicted molar refractivity (Wildman–Crippen MR) is 112 cm³/mol. The minimum absolute atomic E-state index is 0.0879. The Bertz CT molecular complexity index is 1340. The number of alkyl halides is 3. The first-order valence-corrected chi connectivity index (χ1v) is 9.91. The van der Waals surface area contributed by atoms with E-state index >= 15 is 0 Å². The maximum absolute atomic E-state index is 14.0. The molecule has 0 atom stereocenters. The Kier molecular flexibility index (Phi) is 4.94. The molecule has 5 nitrogen and oxygen atoms in total. The molecule has 0 saturated carbocycles. The van der Waals surface area contributed by atoms with Crippen LogP contribution in [0.2, 0.25) is 0 Å². The van der Waals surface area contributed by atoms with E-state index in [0.717, 1.165) is 5.56 Å². The van der Waals surface area contributed by atoms with Crippen molar-refractivity contribution in [2.75, 3.05) is 6.73 Å². The second kappa shape index (κ2) is 7.80. The lowest BCUT2D eigenvalue weighted by molar-refractivity contribution is -0.152. The molecular formula is C24H17F3N2O3. The summed E-state index contributed by atoms with van der Waals surface area (Å²) in [5.74, 6) is -0.895. The van der Waals surface area contributed by atoms with Crippen molar-refractivity contribution < 1.29 is 22.3 Å². The van der Waals surface area contributed by atoms with Gasteiger partial charge in [0.15, 0.2) is 0 Å².